The number of hydrogen-bond acceptors (Lipinski definition) is 0. The van der Waals surface area contributed by atoms with Crippen molar-refractivity contribution in [3.05, 3.63) is 83.5 Å². The molecule has 0 nitrogen and oxygen atoms in total. The van der Waals surface area contributed by atoms with Gasteiger partial charge in [0.15, 0.2) is 0 Å². The van der Waals surface area contributed by atoms with Gasteiger partial charge in [-0.2, -0.15) is 0 Å². The minimum absolute atomic E-state index is 0.623. The molecule has 0 aromatic heterocycles. The van der Waals surface area contributed by atoms with Gasteiger partial charge in [-0.3, -0.25) is 0 Å². The van der Waals surface area contributed by atoms with Crippen LogP contribution in [-0.4, -0.2) is 0 Å². The van der Waals surface area contributed by atoms with Crippen LogP contribution in [0.15, 0.2) is 72.4 Å². The normalized spacial score (nSPS) is 25.2. The van der Waals surface area contributed by atoms with Crippen LogP contribution in [0.3, 0.4) is 0 Å². The molecular formula is C19H20. The first kappa shape index (κ1) is 12.2. The fourth-order valence-electron chi connectivity index (χ4n) is 3.53. The van der Waals surface area contributed by atoms with Crippen molar-refractivity contribution in [1.82, 2.24) is 0 Å². The molecule has 0 bridgehead atoms. The summed E-state index contributed by atoms with van der Waals surface area (Å²) in [5.74, 6) is 1.27. The number of benzene rings is 1. The lowest BCUT2D eigenvalue weighted by molar-refractivity contribution is 0.551. The predicted octanol–water partition coefficient (Wildman–Crippen LogP) is 4.96. The minimum atomic E-state index is 0.623. The van der Waals surface area contributed by atoms with Gasteiger partial charge < -0.3 is 0 Å². The summed E-state index contributed by atoms with van der Waals surface area (Å²) in [6, 6.07) is 8.87. The van der Waals surface area contributed by atoms with Crippen molar-refractivity contribution in [3.8, 4) is 0 Å². The molecule has 1 aromatic rings. The Morgan fingerprint density at radius 2 is 1.95 bits per heavy atom. The SMILES string of the molecule is C=CC1=C(C=C)CC(C2Cc3ccccc3C2C)=C1. The van der Waals surface area contributed by atoms with Crippen molar-refractivity contribution in [2.24, 2.45) is 5.92 Å². The van der Waals surface area contributed by atoms with Crippen LogP contribution in [0.5, 0.6) is 0 Å². The highest BCUT2D eigenvalue weighted by Gasteiger charge is 2.32. The summed E-state index contributed by atoms with van der Waals surface area (Å²) in [5, 5.41) is 0. The average molecular weight is 248 g/mol. The molecule has 0 heterocycles. The first-order valence-corrected chi connectivity index (χ1v) is 7.01. The lowest BCUT2D eigenvalue weighted by atomic mass is 9.86. The number of allylic oxidation sites excluding steroid dienone is 6. The molecule has 2 unspecified atom stereocenters. The van der Waals surface area contributed by atoms with Crippen LogP contribution in [0.25, 0.3) is 0 Å². The lowest BCUT2D eigenvalue weighted by Gasteiger charge is -2.18. The Balaban J connectivity index is 1.88. The Bertz CT molecular complexity index is 598. The Morgan fingerprint density at radius 3 is 2.58 bits per heavy atom. The zero-order valence-electron chi connectivity index (χ0n) is 11.5. The third kappa shape index (κ3) is 1.92. The average Bonchev–Trinajstić information content (AvgIpc) is 3.00. The Morgan fingerprint density at radius 1 is 1.16 bits per heavy atom. The quantitative estimate of drug-likeness (QED) is 0.709. The molecular weight excluding hydrogens is 228 g/mol. The van der Waals surface area contributed by atoms with Gasteiger partial charge in [0, 0.05) is 0 Å². The molecule has 0 N–H and O–H groups in total. The van der Waals surface area contributed by atoms with Crippen molar-refractivity contribution < 1.29 is 0 Å². The second kappa shape index (κ2) is 4.70. The summed E-state index contributed by atoms with van der Waals surface area (Å²) < 4.78 is 0. The third-order valence-corrected chi connectivity index (χ3v) is 4.64. The van der Waals surface area contributed by atoms with Gasteiger partial charge in [0.1, 0.15) is 0 Å². The molecule has 0 fully saturated rings. The topological polar surface area (TPSA) is 0 Å². The number of rotatable bonds is 3. The fraction of sp³-hybridized carbons (Fsp3) is 0.263. The molecule has 0 amide bonds. The van der Waals surface area contributed by atoms with Gasteiger partial charge in [0.2, 0.25) is 0 Å². The van der Waals surface area contributed by atoms with E-state index in [0.29, 0.717) is 11.8 Å². The molecule has 0 saturated heterocycles. The molecule has 1 aromatic carbocycles. The summed E-state index contributed by atoms with van der Waals surface area (Å²) in [4.78, 5) is 0. The van der Waals surface area contributed by atoms with Crippen molar-refractivity contribution in [2.75, 3.05) is 0 Å². The first-order valence-electron chi connectivity index (χ1n) is 7.01. The second-order valence-corrected chi connectivity index (χ2v) is 5.58. The Kier molecular flexibility index (Phi) is 3.02. The molecule has 2 aliphatic rings. The minimum Gasteiger partial charge on any atom is -0.0988 e. The molecule has 0 radical (unpaired) electrons. The molecule has 3 rings (SSSR count). The van der Waals surface area contributed by atoms with Gasteiger partial charge in [-0.15, -0.1) is 0 Å². The molecule has 0 saturated carbocycles. The van der Waals surface area contributed by atoms with Gasteiger partial charge in [-0.25, -0.2) is 0 Å². The van der Waals surface area contributed by atoms with Gasteiger partial charge in [-0.05, 0) is 47.0 Å². The molecule has 0 heteroatoms. The van der Waals surface area contributed by atoms with E-state index in [4.69, 9.17) is 0 Å². The van der Waals surface area contributed by atoms with Crippen LogP contribution in [0.2, 0.25) is 0 Å². The predicted molar refractivity (Wildman–Crippen MR) is 82.2 cm³/mol. The van der Waals surface area contributed by atoms with E-state index < -0.39 is 0 Å². The first-order chi connectivity index (χ1) is 9.24. The van der Waals surface area contributed by atoms with E-state index in [2.05, 4.69) is 50.4 Å². The van der Waals surface area contributed by atoms with Crippen molar-refractivity contribution in [3.63, 3.8) is 0 Å². The van der Waals surface area contributed by atoms with Crippen LogP contribution in [-0.2, 0) is 6.42 Å². The Labute approximate surface area is 115 Å². The van der Waals surface area contributed by atoms with E-state index in [-0.39, 0.29) is 0 Å². The molecule has 19 heavy (non-hydrogen) atoms. The standard InChI is InChI=1S/C19H20/c1-4-14-10-17(11-15(14)5-2)19-12-16-8-6-7-9-18(16)13(19)3/h4-10,13,19H,1-2,11-12H2,3H3. The highest BCUT2D eigenvalue weighted by molar-refractivity contribution is 5.51. The number of fused-ring (bicyclic) bond motifs is 1. The zero-order chi connectivity index (χ0) is 13.4. The maximum absolute atomic E-state index is 3.92. The van der Waals surface area contributed by atoms with Gasteiger partial charge in [0.05, 0.1) is 0 Å². The van der Waals surface area contributed by atoms with E-state index in [1.165, 1.54) is 28.7 Å². The fourth-order valence-corrected chi connectivity index (χ4v) is 3.53. The summed E-state index contributed by atoms with van der Waals surface area (Å²) in [6.45, 7) is 10.2. The highest BCUT2D eigenvalue weighted by Crippen LogP contribution is 2.45. The van der Waals surface area contributed by atoms with Crippen molar-refractivity contribution >= 4 is 0 Å². The molecule has 2 aliphatic carbocycles. The molecule has 2 atom stereocenters. The molecule has 0 aliphatic heterocycles. The second-order valence-electron chi connectivity index (χ2n) is 5.58. The van der Waals surface area contributed by atoms with E-state index >= 15 is 0 Å². The van der Waals surface area contributed by atoms with Gasteiger partial charge >= 0.3 is 0 Å². The highest BCUT2D eigenvalue weighted by atomic mass is 14.4. The third-order valence-electron chi connectivity index (χ3n) is 4.64. The maximum atomic E-state index is 3.92. The van der Waals surface area contributed by atoms with Crippen molar-refractivity contribution in [2.45, 2.75) is 25.7 Å². The summed E-state index contributed by atoms with van der Waals surface area (Å²) >= 11 is 0. The van der Waals surface area contributed by atoms with Crippen molar-refractivity contribution in [1.29, 1.82) is 0 Å². The summed E-state index contributed by atoms with van der Waals surface area (Å²) in [6.07, 6.45) is 8.49. The molecule has 96 valence electrons. The van der Waals surface area contributed by atoms with Crippen LogP contribution in [0, 0.1) is 5.92 Å². The van der Waals surface area contributed by atoms with E-state index in [1.54, 1.807) is 5.57 Å². The molecule has 0 spiro atoms. The van der Waals surface area contributed by atoms with Gasteiger partial charge in [-0.1, -0.05) is 68.1 Å². The maximum Gasteiger partial charge on any atom is -0.00549 e. The van der Waals surface area contributed by atoms with E-state index in [1.807, 2.05) is 12.2 Å². The van der Waals surface area contributed by atoms with Crippen LogP contribution in [0.4, 0.5) is 0 Å². The van der Waals surface area contributed by atoms with E-state index in [0.717, 1.165) is 6.42 Å². The van der Waals surface area contributed by atoms with Crippen LogP contribution < -0.4 is 0 Å². The van der Waals surface area contributed by atoms with Crippen LogP contribution in [0.1, 0.15) is 30.4 Å². The zero-order valence-corrected chi connectivity index (χ0v) is 11.5. The van der Waals surface area contributed by atoms with Gasteiger partial charge in [0.25, 0.3) is 0 Å². The summed E-state index contributed by atoms with van der Waals surface area (Å²) in [5.41, 5.74) is 7.18. The Hall–Kier alpha value is -1.82. The lowest BCUT2D eigenvalue weighted by Crippen LogP contribution is -2.07. The smallest absolute Gasteiger partial charge is 0.00549 e. The monoisotopic (exact) mass is 248 g/mol. The largest absolute Gasteiger partial charge is 0.0988 e. The number of hydrogen-bond donors (Lipinski definition) is 0. The van der Waals surface area contributed by atoms with E-state index in [9.17, 15) is 0 Å². The van der Waals surface area contributed by atoms with Crippen LogP contribution >= 0.6 is 0 Å². The summed E-state index contributed by atoms with van der Waals surface area (Å²) in [7, 11) is 0.